The number of benzene rings is 1. The molecule has 20 heavy (non-hydrogen) atoms. The Hall–Kier alpha value is -0.870. The Morgan fingerprint density at radius 3 is 2.70 bits per heavy atom. The van der Waals surface area contributed by atoms with Crippen LogP contribution < -0.4 is 5.32 Å². The second kappa shape index (κ2) is 6.27. The van der Waals surface area contributed by atoms with Crippen molar-refractivity contribution in [1.29, 1.82) is 0 Å². The Balaban J connectivity index is 1.73. The van der Waals surface area contributed by atoms with Gasteiger partial charge in [-0.25, -0.2) is 0 Å². The predicted molar refractivity (Wildman–Crippen MR) is 83.8 cm³/mol. The summed E-state index contributed by atoms with van der Waals surface area (Å²) in [5.41, 5.74) is 0.783. The van der Waals surface area contributed by atoms with Crippen molar-refractivity contribution in [1.82, 2.24) is 10.2 Å². The molecular formula is C16H21BrN2O. The van der Waals surface area contributed by atoms with Crippen LogP contribution in [0.15, 0.2) is 28.7 Å². The van der Waals surface area contributed by atoms with Crippen LogP contribution in [-0.4, -0.2) is 36.5 Å². The topological polar surface area (TPSA) is 32.3 Å². The van der Waals surface area contributed by atoms with E-state index in [9.17, 15) is 4.79 Å². The van der Waals surface area contributed by atoms with Crippen molar-refractivity contribution >= 4 is 21.8 Å². The van der Waals surface area contributed by atoms with E-state index in [-0.39, 0.29) is 5.91 Å². The molecule has 1 saturated heterocycles. The van der Waals surface area contributed by atoms with Gasteiger partial charge in [-0.3, -0.25) is 4.79 Å². The molecule has 108 valence electrons. The van der Waals surface area contributed by atoms with Crippen LogP contribution in [0.3, 0.4) is 0 Å². The maximum absolute atomic E-state index is 12.8. The van der Waals surface area contributed by atoms with Gasteiger partial charge in [0.05, 0.1) is 5.56 Å². The standard InChI is InChI=1S/C16H21BrN2O/c17-15-6-2-1-5-14(15)16(20)19(10-12-7-8-12)11-13-4-3-9-18-13/h1-2,5-6,12-13,18H,3-4,7-11H2. The van der Waals surface area contributed by atoms with Gasteiger partial charge in [0.15, 0.2) is 0 Å². The van der Waals surface area contributed by atoms with Crippen LogP contribution >= 0.6 is 15.9 Å². The number of nitrogens with one attached hydrogen (secondary N) is 1. The molecule has 3 rings (SSSR count). The van der Waals surface area contributed by atoms with Gasteiger partial charge in [-0.05, 0) is 66.2 Å². The lowest BCUT2D eigenvalue weighted by Gasteiger charge is -2.26. The first-order valence-electron chi connectivity index (χ1n) is 7.51. The molecule has 2 fully saturated rings. The third kappa shape index (κ3) is 3.41. The Labute approximate surface area is 128 Å². The number of amides is 1. The molecule has 1 unspecified atom stereocenters. The van der Waals surface area contributed by atoms with E-state index < -0.39 is 0 Å². The van der Waals surface area contributed by atoms with Crippen LogP contribution in [-0.2, 0) is 0 Å². The summed E-state index contributed by atoms with van der Waals surface area (Å²) in [5, 5.41) is 3.50. The van der Waals surface area contributed by atoms with E-state index in [1.807, 2.05) is 24.3 Å². The highest BCUT2D eigenvalue weighted by Gasteiger charge is 2.30. The third-order valence-corrected chi connectivity index (χ3v) is 4.86. The van der Waals surface area contributed by atoms with Gasteiger partial charge >= 0.3 is 0 Å². The van der Waals surface area contributed by atoms with E-state index in [4.69, 9.17) is 0 Å². The quantitative estimate of drug-likeness (QED) is 0.896. The van der Waals surface area contributed by atoms with Crippen molar-refractivity contribution in [3.8, 4) is 0 Å². The van der Waals surface area contributed by atoms with Crippen molar-refractivity contribution in [2.24, 2.45) is 5.92 Å². The molecule has 1 N–H and O–H groups in total. The highest BCUT2D eigenvalue weighted by atomic mass is 79.9. The van der Waals surface area contributed by atoms with E-state index in [2.05, 4.69) is 26.1 Å². The van der Waals surface area contributed by atoms with Gasteiger partial charge < -0.3 is 10.2 Å². The smallest absolute Gasteiger partial charge is 0.255 e. The van der Waals surface area contributed by atoms with Crippen LogP contribution in [0, 0.1) is 5.92 Å². The van der Waals surface area contributed by atoms with Crippen LogP contribution in [0.2, 0.25) is 0 Å². The molecule has 0 bridgehead atoms. The number of carbonyl (C=O) groups excluding carboxylic acids is 1. The number of carbonyl (C=O) groups is 1. The van der Waals surface area contributed by atoms with Gasteiger partial charge in [0, 0.05) is 23.6 Å². The van der Waals surface area contributed by atoms with Gasteiger partial charge in [0.25, 0.3) is 5.91 Å². The van der Waals surface area contributed by atoms with Gasteiger partial charge in [-0.1, -0.05) is 12.1 Å². The third-order valence-electron chi connectivity index (χ3n) is 4.17. The fourth-order valence-electron chi connectivity index (χ4n) is 2.84. The zero-order chi connectivity index (χ0) is 13.9. The van der Waals surface area contributed by atoms with Gasteiger partial charge in [-0.2, -0.15) is 0 Å². The maximum atomic E-state index is 12.8. The summed E-state index contributed by atoms with van der Waals surface area (Å²) < 4.78 is 0.894. The number of hydrogen-bond acceptors (Lipinski definition) is 2. The van der Waals surface area contributed by atoms with Gasteiger partial charge in [-0.15, -0.1) is 0 Å². The average molecular weight is 337 g/mol. The first-order chi connectivity index (χ1) is 9.74. The first kappa shape index (κ1) is 14.1. The average Bonchev–Trinajstić information content (AvgIpc) is 3.11. The van der Waals surface area contributed by atoms with Crippen LogP contribution in [0.25, 0.3) is 0 Å². The summed E-state index contributed by atoms with van der Waals surface area (Å²) in [4.78, 5) is 14.8. The fraction of sp³-hybridized carbons (Fsp3) is 0.562. The summed E-state index contributed by atoms with van der Waals surface area (Å²) in [6, 6.07) is 8.21. The molecule has 1 aromatic carbocycles. The zero-order valence-electron chi connectivity index (χ0n) is 11.6. The molecule has 1 saturated carbocycles. The molecule has 1 aromatic rings. The Bertz CT molecular complexity index is 481. The number of nitrogens with zero attached hydrogens (tertiary/aromatic N) is 1. The van der Waals surface area contributed by atoms with Crippen molar-refractivity contribution in [3.63, 3.8) is 0 Å². The van der Waals surface area contributed by atoms with E-state index in [0.717, 1.165) is 35.6 Å². The first-order valence-corrected chi connectivity index (χ1v) is 8.30. The van der Waals surface area contributed by atoms with Crippen molar-refractivity contribution in [3.05, 3.63) is 34.3 Å². The molecule has 1 aliphatic carbocycles. The lowest BCUT2D eigenvalue weighted by molar-refractivity contribution is 0.0732. The monoisotopic (exact) mass is 336 g/mol. The molecular weight excluding hydrogens is 316 g/mol. The summed E-state index contributed by atoms with van der Waals surface area (Å²) in [6.45, 7) is 2.85. The van der Waals surface area contributed by atoms with E-state index in [0.29, 0.717) is 6.04 Å². The Kier molecular flexibility index (Phi) is 4.41. The van der Waals surface area contributed by atoms with E-state index in [1.54, 1.807) is 0 Å². The predicted octanol–water partition coefficient (Wildman–Crippen LogP) is 3.05. The SMILES string of the molecule is O=C(c1ccccc1Br)N(CC1CC1)CC1CCCN1. The largest absolute Gasteiger partial charge is 0.337 e. The van der Waals surface area contributed by atoms with Gasteiger partial charge in [0.1, 0.15) is 0 Å². The number of rotatable bonds is 5. The molecule has 2 aliphatic rings. The number of hydrogen-bond donors (Lipinski definition) is 1. The molecule has 3 nitrogen and oxygen atoms in total. The van der Waals surface area contributed by atoms with E-state index >= 15 is 0 Å². The second-order valence-electron chi connectivity index (χ2n) is 5.93. The summed E-state index contributed by atoms with van der Waals surface area (Å²) >= 11 is 3.50. The summed E-state index contributed by atoms with van der Waals surface area (Å²) in [7, 11) is 0. The minimum Gasteiger partial charge on any atom is -0.337 e. The molecule has 4 heteroatoms. The maximum Gasteiger partial charge on any atom is 0.255 e. The summed E-state index contributed by atoms with van der Waals surface area (Å²) in [5.74, 6) is 0.890. The minimum atomic E-state index is 0.165. The van der Waals surface area contributed by atoms with Crippen molar-refractivity contribution in [2.45, 2.75) is 31.7 Å². The molecule has 0 radical (unpaired) electrons. The molecule has 1 atom stereocenters. The Morgan fingerprint density at radius 1 is 1.25 bits per heavy atom. The lowest BCUT2D eigenvalue weighted by Crippen LogP contribution is -2.42. The van der Waals surface area contributed by atoms with Crippen molar-refractivity contribution < 1.29 is 4.79 Å². The summed E-state index contributed by atoms with van der Waals surface area (Å²) in [6.07, 6.45) is 4.96. The molecule has 0 spiro atoms. The van der Waals surface area contributed by atoms with E-state index in [1.165, 1.54) is 25.7 Å². The highest BCUT2D eigenvalue weighted by Crippen LogP contribution is 2.31. The van der Waals surface area contributed by atoms with Crippen LogP contribution in [0.4, 0.5) is 0 Å². The van der Waals surface area contributed by atoms with Crippen molar-refractivity contribution in [2.75, 3.05) is 19.6 Å². The molecule has 1 aliphatic heterocycles. The molecule has 0 aromatic heterocycles. The van der Waals surface area contributed by atoms with Crippen LogP contribution in [0.5, 0.6) is 0 Å². The normalized spacial score (nSPS) is 21.9. The molecule has 1 heterocycles. The Morgan fingerprint density at radius 2 is 2.05 bits per heavy atom. The zero-order valence-corrected chi connectivity index (χ0v) is 13.2. The lowest BCUT2D eigenvalue weighted by atomic mass is 10.1. The van der Waals surface area contributed by atoms with Gasteiger partial charge in [0.2, 0.25) is 0 Å². The van der Waals surface area contributed by atoms with Crippen LogP contribution in [0.1, 0.15) is 36.0 Å². The second-order valence-corrected chi connectivity index (χ2v) is 6.78. The minimum absolute atomic E-state index is 0.165. The highest BCUT2D eigenvalue weighted by molar-refractivity contribution is 9.10. The molecule has 1 amide bonds. The fourth-order valence-corrected chi connectivity index (χ4v) is 3.29. The number of halogens is 1.